The molecule has 0 aromatic carbocycles. The SMILES string of the molecule is N#CC1(C#N)[C@H]2CCCC[C@@]23OC(=N)[C@@]1(C#N)[C@@H](c1cccnc1)O3. The molecule has 3 saturated heterocycles. The summed E-state index contributed by atoms with van der Waals surface area (Å²) in [5.74, 6) is -2.12. The summed E-state index contributed by atoms with van der Waals surface area (Å²) in [6.07, 6.45) is 4.88. The van der Waals surface area contributed by atoms with Crippen LogP contribution < -0.4 is 0 Å². The lowest BCUT2D eigenvalue weighted by atomic mass is 9.48. The number of nitrogens with one attached hydrogen (secondary N) is 1. The maximum Gasteiger partial charge on any atom is 0.218 e. The van der Waals surface area contributed by atoms with Crippen LogP contribution in [0.4, 0.5) is 0 Å². The number of hydrogen-bond donors (Lipinski definition) is 1. The zero-order valence-electron chi connectivity index (χ0n) is 13.4. The van der Waals surface area contributed by atoms with Gasteiger partial charge in [-0.1, -0.05) is 12.5 Å². The summed E-state index contributed by atoms with van der Waals surface area (Å²) in [4.78, 5) is 4.07. The Hall–Kier alpha value is -2.95. The van der Waals surface area contributed by atoms with E-state index in [9.17, 15) is 15.8 Å². The van der Waals surface area contributed by atoms with E-state index < -0.39 is 28.6 Å². The third-order valence-corrected chi connectivity index (χ3v) is 5.80. The van der Waals surface area contributed by atoms with Gasteiger partial charge in [-0.15, -0.1) is 0 Å². The quantitative estimate of drug-likeness (QED) is 0.841. The van der Waals surface area contributed by atoms with Crippen LogP contribution in [0.5, 0.6) is 0 Å². The molecule has 1 aliphatic carbocycles. The molecule has 1 N–H and O–H groups in total. The maximum atomic E-state index is 10.1. The minimum absolute atomic E-state index is 0.351. The van der Waals surface area contributed by atoms with Crippen molar-refractivity contribution in [2.75, 3.05) is 0 Å². The van der Waals surface area contributed by atoms with Crippen molar-refractivity contribution in [3.05, 3.63) is 30.1 Å². The summed E-state index contributed by atoms with van der Waals surface area (Å²) in [6, 6.07) is 9.73. The van der Waals surface area contributed by atoms with E-state index in [4.69, 9.17) is 14.9 Å². The number of aromatic nitrogens is 1. The van der Waals surface area contributed by atoms with Crippen LogP contribution >= 0.6 is 0 Å². The molecule has 25 heavy (non-hydrogen) atoms. The Morgan fingerprint density at radius 1 is 1.20 bits per heavy atom. The van der Waals surface area contributed by atoms with Gasteiger partial charge in [-0.3, -0.25) is 10.4 Å². The Labute approximate surface area is 144 Å². The average molecular weight is 333 g/mol. The molecular weight excluding hydrogens is 318 g/mol. The molecule has 7 heteroatoms. The molecule has 7 nitrogen and oxygen atoms in total. The Bertz CT molecular complexity index is 850. The fourth-order valence-corrected chi connectivity index (χ4v) is 4.67. The fourth-order valence-electron chi connectivity index (χ4n) is 4.67. The van der Waals surface area contributed by atoms with Gasteiger partial charge in [0, 0.05) is 24.4 Å². The lowest BCUT2D eigenvalue weighted by molar-refractivity contribution is -0.360. The molecule has 4 aliphatic rings. The summed E-state index contributed by atoms with van der Waals surface area (Å²) < 4.78 is 12.1. The van der Waals surface area contributed by atoms with Gasteiger partial charge in [-0.25, -0.2) is 0 Å². The van der Waals surface area contributed by atoms with Crippen molar-refractivity contribution in [1.29, 1.82) is 21.2 Å². The first-order valence-corrected chi connectivity index (χ1v) is 8.20. The molecule has 1 spiro atoms. The van der Waals surface area contributed by atoms with Crippen molar-refractivity contribution >= 4 is 5.90 Å². The Kier molecular flexibility index (Phi) is 3.13. The minimum Gasteiger partial charge on any atom is -0.447 e. The molecule has 5 rings (SSSR count). The standard InChI is InChI=1S/C18H15N5O2/c19-9-16(10-20)13-5-1-2-6-18(13)24-14(12-4-3-7-23-8-12)17(16,11-21)15(22)25-18/h3-4,7-8,13-14,22H,1-2,5-6H2/t13-,14-,17-,18-/m1/s1. The Morgan fingerprint density at radius 3 is 2.64 bits per heavy atom. The van der Waals surface area contributed by atoms with Crippen LogP contribution in [0.3, 0.4) is 0 Å². The number of hydrogen-bond acceptors (Lipinski definition) is 7. The van der Waals surface area contributed by atoms with E-state index in [1.54, 1.807) is 24.5 Å². The number of nitrogens with zero attached hydrogens (tertiary/aromatic N) is 4. The Balaban J connectivity index is 2.02. The maximum absolute atomic E-state index is 10.1. The molecule has 0 amide bonds. The van der Waals surface area contributed by atoms with Gasteiger partial charge in [0.25, 0.3) is 0 Å². The van der Waals surface area contributed by atoms with Gasteiger partial charge in [0.15, 0.2) is 10.8 Å². The molecule has 4 fully saturated rings. The molecule has 2 bridgehead atoms. The Morgan fingerprint density at radius 2 is 2.00 bits per heavy atom. The predicted octanol–water partition coefficient (Wildman–Crippen LogP) is 2.59. The van der Waals surface area contributed by atoms with Crippen molar-refractivity contribution in [2.24, 2.45) is 16.7 Å². The van der Waals surface area contributed by atoms with Crippen molar-refractivity contribution in [1.82, 2.24) is 4.98 Å². The van der Waals surface area contributed by atoms with E-state index in [1.165, 1.54) is 0 Å². The number of nitriles is 3. The topological polar surface area (TPSA) is 127 Å². The van der Waals surface area contributed by atoms with E-state index in [-0.39, 0.29) is 5.90 Å². The highest BCUT2D eigenvalue weighted by atomic mass is 16.7. The summed E-state index contributed by atoms with van der Waals surface area (Å²) in [6.45, 7) is 0. The van der Waals surface area contributed by atoms with Crippen molar-refractivity contribution in [3.63, 3.8) is 0 Å². The van der Waals surface area contributed by atoms with Crippen LogP contribution in [0, 0.1) is 56.2 Å². The molecule has 3 aliphatic heterocycles. The second-order valence-electron chi connectivity index (χ2n) is 6.78. The van der Waals surface area contributed by atoms with Gasteiger partial charge in [0.2, 0.25) is 11.7 Å². The summed E-state index contributed by atoms with van der Waals surface area (Å²) in [5, 5.41) is 38.6. The second-order valence-corrected chi connectivity index (χ2v) is 6.78. The highest BCUT2D eigenvalue weighted by Gasteiger charge is 2.80. The van der Waals surface area contributed by atoms with E-state index in [0.29, 0.717) is 18.4 Å². The fraction of sp³-hybridized carbons (Fsp3) is 0.500. The van der Waals surface area contributed by atoms with Crippen molar-refractivity contribution < 1.29 is 9.47 Å². The van der Waals surface area contributed by atoms with Crippen LogP contribution in [-0.4, -0.2) is 16.7 Å². The van der Waals surface area contributed by atoms with E-state index in [1.807, 2.05) is 0 Å². The smallest absolute Gasteiger partial charge is 0.218 e. The van der Waals surface area contributed by atoms with Crippen LogP contribution in [0.15, 0.2) is 24.5 Å². The molecule has 0 unspecified atom stereocenters. The second kappa shape index (κ2) is 5.02. The van der Waals surface area contributed by atoms with Gasteiger partial charge in [0.05, 0.1) is 24.1 Å². The highest BCUT2D eigenvalue weighted by molar-refractivity contribution is 5.89. The minimum atomic E-state index is -1.82. The molecule has 1 aromatic rings. The van der Waals surface area contributed by atoms with E-state index >= 15 is 0 Å². The van der Waals surface area contributed by atoms with Gasteiger partial charge < -0.3 is 9.47 Å². The lowest BCUT2D eigenvalue weighted by Crippen LogP contribution is -2.73. The van der Waals surface area contributed by atoms with Crippen LogP contribution in [0.2, 0.25) is 0 Å². The third kappa shape index (κ3) is 1.60. The highest BCUT2D eigenvalue weighted by Crippen LogP contribution is 2.69. The summed E-state index contributed by atoms with van der Waals surface area (Å²) >= 11 is 0. The molecule has 4 heterocycles. The largest absolute Gasteiger partial charge is 0.447 e. The van der Waals surface area contributed by atoms with Crippen LogP contribution in [0.1, 0.15) is 37.4 Å². The zero-order chi connectivity index (χ0) is 17.7. The van der Waals surface area contributed by atoms with Gasteiger partial charge in [-0.2, -0.15) is 15.8 Å². The van der Waals surface area contributed by atoms with Gasteiger partial charge >= 0.3 is 0 Å². The number of rotatable bonds is 1. The average Bonchev–Trinajstić information content (AvgIpc) is 2.66. The summed E-state index contributed by atoms with van der Waals surface area (Å²) in [7, 11) is 0. The van der Waals surface area contributed by atoms with E-state index in [2.05, 4.69) is 23.2 Å². The molecule has 1 saturated carbocycles. The molecule has 4 atom stereocenters. The molecular formula is C18H15N5O2. The first-order chi connectivity index (χ1) is 12.1. The molecule has 1 aromatic heterocycles. The zero-order valence-corrected chi connectivity index (χ0v) is 13.4. The number of pyridine rings is 1. The predicted molar refractivity (Wildman–Crippen MR) is 83.3 cm³/mol. The molecule has 124 valence electrons. The van der Waals surface area contributed by atoms with Gasteiger partial charge in [-0.05, 0) is 18.9 Å². The molecule has 0 radical (unpaired) electrons. The van der Waals surface area contributed by atoms with Crippen LogP contribution in [0.25, 0.3) is 0 Å². The van der Waals surface area contributed by atoms with Crippen LogP contribution in [-0.2, 0) is 9.47 Å². The van der Waals surface area contributed by atoms with Crippen molar-refractivity contribution in [2.45, 2.75) is 37.6 Å². The first kappa shape index (κ1) is 15.6. The van der Waals surface area contributed by atoms with E-state index in [0.717, 1.165) is 12.8 Å². The monoisotopic (exact) mass is 333 g/mol. The summed E-state index contributed by atoms with van der Waals surface area (Å²) in [5.41, 5.74) is -2.95. The normalized spacial score (nSPS) is 37.7. The third-order valence-electron chi connectivity index (χ3n) is 5.80. The lowest BCUT2D eigenvalue weighted by Gasteiger charge is -2.63. The first-order valence-electron chi connectivity index (χ1n) is 8.20. The van der Waals surface area contributed by atoms with Gasteiger partial charge in [0.1, 0.15) is 6.10 Å². The van der Waals surface area contributed by atoms with Crippen molar-refractivity contribution in [3.8, 4) is 18.2 Å². The number of fused-ring (bicyclic) bond motifs is 2. The number of ether oxygens (including phenoxy) is 2.